The summed E-state index contributed by atoms with van der Waals surface area (Å²) >= 11 is 1.50. The van der Waals surface area contributed by atoms with Gasteiger partial charge in [-0.05, 0) is 30.3 Å². The summed E-state index contributed by atoms with van der Waals surface area (Å²) in [6.45, 7) is 0. The van der Waals surface area contributed by atoms with Crippen molar-refractivity contribution in [1.29, 1.82) is 5.26 Å². The van der Waals surface area contributed by atoms with E-state index < -0.39 is 0 Å². The molecule has 3 aromatic heterocycles. The van der Waals surface area contributed by atoms with Crippen molar-refractivity contribution in [1.82, 2.24) is 19.9 Å². The van der Waals surface area contributed by atoms with Gasteiger partial charge in [-0.15, -0.1) is 11.3 Å². The van der Waals surface area contributed by atoms with E-state index in [9.17, 15) is 5.26 Å². The highest BCUT2D eigenvalue weighted by Crippen LogP contribution is 2.24. The molecule has 1 N–H and O–H groups in total. The fourth-order valence-corrected chi connectivity index (χ4v) is 3.09. The van der Waals surface area contributed by atoms with Crippen molar-refractivity contribution in [2.24, 2.45) is 0 Å². The van der Waals surface area contributed by atoms with Gasteiger partial charge < -0.3 is 4.98 Å². The quantitative estimate of drug-likeness (QED) is 0.573. The van der Waals surface area contributed by atoms with Gasteiger partial charge in [0.15, 0.2) is 0 Å². The number of rotatable bonds is 3. The zero-order chi connectivity index (χ0) is 16.4. The lowest BCUT2D eigenvalue weighted by Crippen LogP contribution is -1.85. The number of nitrogens with one attached hydrogen (secondary N) is 1. The molecule has 0 saturated carbocycles. The maximum atomic E-state index is 9.47. The molecule has 24 heavy (non-hydrogen) atoms. The number of H-pyrrole nitrogens is 1. The topological polar surface area (TPSA) is 78.2 Å². The number of fused-ring (bicyclic) bond motifs is 1. The Morgan fingerprint density at radius 3 is 2.79 bits per heavy atom. The number of hydrogen-bond donors (Lipinski definition) is 1. The summed E-state index contributed by atoms with van der Waals surface area (Å²) in [6.07, 6.45) is 3.47. The van der Waals surface area contributed by atoms with Gasteiger partial charge in [-0.1, -0.05) is 18.2 Å². The van der Waals surface area contributed by atoms with Crippen LogP contribution in [0, 0.1) is 11.3 Å². The summed E-state index contributed by atoms with van der Waals surface area (Å²) in [5.74, 6) is 0.547. The second-order valence-corrected chi connectivity index (χ2v) is 5.92. The first-order chi connectivity index (χ1) is 11.8. The van der Waals surface area contributed by atoms with Crippen molar-refractivity contribution in [3.8, 4) is 16.8 Å². The first-order valence-corrected chi connectivity index (χ1v) is 8.15. The molecule has 0 unspecified atom stereocenters. The minimum atomic E-state index is 0.448. The number of nitrogens with zero attached hydrogens (tertiary/aromatic N) is 4. The molecule has 0 spiro atoms. The molecule has 6 heteroatoms. The fourth-order valence-electron chi connectivity index (χ4n) is 2.34. The highest BCUT2D eigenvalue weighted by Gasteiger charge is 2.10. The standard InChI is InChI=1S/C18H11N5S/c19-10-12(17-22-14-5-1-2-6-15(14)23-17)9-13-11-24-18(21-13)16-7-3-4-8-20-16/h1-9,11H,(H,22,23)/b12-9+. The molecule has 0 amide bonds. The Kier molecular flexibility index (Phi) is 3.61. The van der Waals surface area contributed by atoms with Gasteiger partial charge in [0.1, 0.15) is 16.9 Å². The van der Waals surface area contributed by atoms with E-state index in [2.05, 4.69) is 26.0 Å². The summed E-state index contributed by atoms with van der Waals surface area (Å²) in [4.78, 5) is 16.5. The number of pyridine rings is 1. The summed E-state index contributed by atoms with van der Waals surface area (Å²) < 4.78 is 0. The molecule has 114 valence electrons. The third-order valence-corrected chi connectivity index (χ3v) is 4.35. The Hall–Kier alpha value is -3.30. The Bertz CT molecular complexity index is 1040. The van der Waals surface area contributed by atoms with Crippen LogP contribution >= 0.6 is 11.3 Å². The predicted molar refractivity (Wildman–Crippen MR) is 94.9 cm³/mol. The lowest BCUT2D eigenvalue weighted by atomic mass is 10.2. The third kappa shape index (κ3) is 2.69. The zero-order valence-electron chi connectivity index (χ0n) is 12.5. The lowest BCUT2D eigenvalue weighted by molar-refractivity contribution is 1.26. The maximum Gasteiger partial charge on any atom is 0.149 e. The van der Waals surface area contributed by atoms with E-state index in [1.165, 1.54) is 11.3 Å². The zero-order valence-corrected chi connectivity index (χ0v) is 13.3. The molecule has 3 heterocycles. The van der Waals surface area contributed by atoms with E-state index >= 15 is 0 Å². The van der Waals surface area contributed by atoms with E-state index in [4.69, 9.17) is 0 Å². The largest absolute Gasteiger partial charge is 0.337 e. The van der Waals surface area contributed by atoms with E-state index in [1.54, 1.807) is 12.3 Å². The Balaban J connectivity index is 1.71. The normalized spacial score (nSPS) is 11.5. The molecule has 0 aliphatic carbocycles. The molecule has 0 atom stereocenters. The van der Waals surface area contributed by atoms with Gasteiger partial charge in [0.05, 0.1) is 28.0 Å². The molecule has 4 rings (SSSR count). The van der Waals surface area contributed by atoms with Crippen molar-refractivity contribution in [2.75, 3.05) is 0 Å². The monoisotopic (exact) mass is 329 g/mol. The number of imidazole rings is 1. The van der Waals surface area contributed by atoms with Crippen LogP contribution in [-0.4, -0.2) is 19.9 Å². The average Bonchev–Trinajstić information content (AvgIpc) is 3.27. The Morgan fingerprint density at radius 2 is 2.00 bits per heavy atom. The van der Waals surface area contributed by atoms with Gasteiger partial charge in [0, 0.05) is 11.6 Å². The molecule has 4 aromatic rings. The molecule has 5 nitrogen and oxygen atoms in total. The van der Waals surface area contributed by atoms with E-state index in [-0.39, 0.29) is 0 Å². The number of benzene rings is 1. The third-order valence-electron chi connectivity index (χ3n) is 3.46. The molecule has 0 radical (unpaired) electrons. The SMILES string of the molecule is N#C/C(=C\c1csc(-c2ccccn2)n1)c1nc2ccccc2[nH]1. The van der Waals surface area contributed by atoms with Gasteiger partial charge in [0.2, 0.25) is 0 Å². The van der Waals surface area contributed by atoms with Crippen LogP contribution in [0.25, 0.3) is 33.4 Å². The van der Waals surface area contributed by atoms with Crippen molar-refractivity contribution in [2.45, 2.75) is 0 Å². The first-order valence-electron chi connectivity index (χ1n) is 7.27. The summed E-state index contributed by atoms with van der Waals surface area (Å²) in [6, 6.07) is 15.6. The van der Waals surface area contributed by atoms with Crippen LogP contribution in [0.15, 0.2) is 54.0 Å². The molecular weight excluding hydrogens is 318 g/mol. The highest BCUT2D eigenvalue weighted by molar-refractivity contribution is 7.13. The first kappa shape index (κ1) is 14.3. The summed E-state index contributed by atoms with van der Waals surface area (Å²) in [7, 11) is 0. The minimum Gasteiger partial charge on any atom is -0.337 e. The van der Waals surface area contributed by atoms with Crippen LogP contribution in [0.1, 0.15) is 11.5 Å². The lowest BCUT2D eigenvalue weighted by Gasteiger charge is -1.93. The number of thiazole rings is 1. The Labute approximate surface area is 142 Å². The number of allylic oxidation sites excluding steroid dienone is 1. The van der Waals surface area contributed by atoms with Crippen molar-refractivity contribution in [3.05, 3.63) is 65.6 Å². The van der Waals surface area contributed by atoms with Gasteiger partial charge in [-0.2, -0.15) is 5.26 Å². The number of para-hydroxylation sites is 2. The van der Waals surface area contributed by atoms with E-state index in [0.717, 1.165) is 27.4 Å². The molecule has 0 fully saturated rings. The maximum absolute atomic E-state index is 9.47. The van der Waals surface area contributed by atoms with Crippen LogP contribution in [0.4, 0.5) is 0 Å². The molecule has 0 saturated heterocycles. The van der Waals surface area contributed by atoms with E-state index in [0.29, 0.717) is 11.4 Å². The fraction of sp³-hybridized carbons (Fsp3) is 0. The van der Waals surface area contributed by atoms with Gasteiger partial charge in [-0.25, -0.2) is 9.97 Å². The molecule has 0 aliphatic heterocycles. The van der Waals surface area contributed by atoms with E-state index in [1.807, 2.05) is 47.8 Å². The van der Waals surface area contributed by atoms with Crippen molar-refractivity contribution < 1.29 is 0 Å². The van der Waals surface area contributed by atoms with Gasteiger partial charge >= 0.3 is 0 Å². The average molecular weight is 329 g/mol. The smallest absolute Gasteiger partial charge is 0.149 e. The van der Waals surface area contributed by atoms with Crippen LogP contribution < -0.4 is 0 Å². The molecule has 1 aromatic carbocycles. The van der Waals surface area contributed by atoms with Crippen LogP contribution in [0.3, 0.4) is 0 Å². The van der Waals surface area contributed by atoms with Crippen molar-refractivity contribution >= 4 is 34.0 Å². The Morgan fingerprint density at radius 1 is 1.12 bits per heavy atom. The van der Waals surface area contributed by atoms with Crippen LogP contribution in [-0.2, 0) is 0 Å². The van der Waals surface area contributed by atoms with Gasteiger partial charge in [0.25, 0.3) is 0 Å². The highest BCUT2D eigenvalue weighted by atomic mass is 32.1. The summed E-state index contributed by atoms with van der Waals surface area (Å²) in [5, 5.41) is 12.2. The van der Waals surface area contributed by atoms with Crippen LogP contribution in [0.2, 0.25) is 0 Å². The van der Waals surface area contributed by atoms with Crippen LogP contribution in [0.5, 0.6) is 0 Å². The predicted octanol–water partition coefficient (Wildman–Crippen LogP) is 4.15. The second-order valence-electron chi connectivity index (χ2n) is 5.06. The van der Waals surface area contributed by atoms with Gasteiger partial charge in [-0.3, -0.25) is 4.98 Å². The molecular formula is C18H11N5S. The minimum absolute atomic E-state index is 0.448. The number of aromatic amines is 1. The summed E-state index contributed by atoms with van der Waals surface area (Å²) in [5.41, 5.74) is 3.73. The molecule has 0 bridgehead atoms. The number of aromatic nitrogens is 4. The second kappa shape index (κ2) is 6.07. The molecule has 0 aliphatic rings. The number of nitriles is 1. The van der Waals surface area contributed by atoms with Crippen molar-refractivity contribution in [3.63, 3.8) is 0 Å². The number of hydrogen-bond acceptors (Lipinski definition) is 5.